The summed E-state index contributed by atoms with van der Waals surface area (Å²) in [6.45, 7) is 3.07. The normalized spacial score (nSPS) is 17.9. The molecule has 1 unspecified atom stereocenters. The molecule has 1 saturated heterocycles. The lowest BCUT2D eigenvalue weighted by molar-refractivity contribution is -0.149. The molecule has 0 bridgehead atoms. The van der Waals surface area contributed by atoms with Crippen LogP contribution in [0, 0.1) is 5.92 Å². The van der Waals surface area contributed by atoms with Crippen molar-refractivity contribution >= 4 is 34.8 Å². The van der Waals surface area contributed by atoms with Crippen molar-refractivity contribution in [2.45, 2.75) is 19.8 Å². The number of amides is 2. The molecule has 2 aliphatic heterocycles. The van der Waals surface area contributed by atoms with Crippen LogP contribution in [0.2, 0.25) is 0 Å². The molecule has 2 N–H and O–H groups in total. The standard InChI is InChI=1S/C22H23N3O4/c1-2-29-22(28)15-6-5-11-25(13-15)21(27)14-9-10-18-19(12-14)24-20(26)16-7-3-4-8-17(16)23-18/h3-4,7-10,12,15,23H,2,5-6,11,13H2,1H3,(H,24,26). The van der Waals surface area contributed by atoms with Crippen LogP contribution in [0.4, 0.5) is 17.1 Å². The molecule has 1 atom stereocenters. The summed E-state index contributed by atoms with van der Waals surface area (Å²) < 4.78 is 5.11. The summed E-state index contributed by atoms with van der Waals surface area (Å²) in [5.41, 5.74) is 3.02. The first-order valence-corrected chi connectivity index (χ1v) is 9.84. The van der Waals surface area contributed by atoms with Crippen LogP contribution in [0.3, 0.4) is 0 Å². The first kappa shape index (κ1) is 19.0. The van der Waals surface area contributed by atoms with Crippen LogP contribution in [0.15, 0.2) is 42.5 Å². The van der Waals surface area contributed by atoms with E-state index in [1.54, 1.807) is 42.2 Å². The number of para-hydroxylation sites is 1. The molecule has 1 fully saturated rings. The van der Waals surface area contributed by atoms with E-state index < -0.39 is 0 Å². The minimum atomic E-state index is -0.288. The van der Waals surface area contributed by atoms with E-state index in [1.165, 1.54) is 0 Å². The van der Waals surface area contributed by atoms with Gasteiger partial charge in [-0.05, 0) is 50.1 Å². The van der Waals surface area contributed by atoms with Gasteiger partial charge in [-0.2, -0.15) is 0 Å². The number of benzene rings is 2. The summed E-state index contributed by atoms with van der Waals surface area (Å²) in [4.78, 5) is 39.3. The highest BCUT2D eigenvalue weighted by Gasteiger charge is 2.30. The summed E-state index contributed by atoms with van der Waals surface area (Å²) in [6.07, 6.45) is 1.48. The molecule has 0 saturated carbocycles. The highest BCUT2D eigenvalue weighted by atomic mass is 16.5. The molecule has 2 heterocycles. The van der Waals surface area contributed by atoms with Crippen molar-refractivity contribution in [3.63, 3.8) is 0 Å². The largest absolute Gasteiger partial charge is 0.466 e. The third-order valence-electron chi connectivity index (χ3n) is 5.28. The predicted octanol–water partition coefficient (Wildman–Crippen LogP) is 3.41. The first-order chi connectivity index (χ1) is 14.1. The molecule has 2 aromatic rings. The Kier molecular flexibility index (Phi) is 5.20. The van der Waals surface area contributed by atoms with Gasteiger partial charge in [-0.15, -0.1) is 0 Å². The molecule has 0 spiro atoms. The van der Waals surface area contributed by atoms with Crippen LogP contribution >= 0.6 is 0 Å². The molecule has 2 amide bonds. The zero-order chi connectivity index (χ0) is 20.4. The van der Waals surface area contributed by atoms with E-state index >= 15 is 0 Å². The van der Waals surface area contributed by atoms with Crippen LogP contribution in [-0.4, -0.2) is 42.4 Å². The van der Waals surface area contributed by atoms with Gasteiger partial charge in [0.15, 0.2) is 0 Å². The third kappa shape index (κ3) is 3.81. The number of likely N-dealkylation sites (tertiary alicyclic amines) is 1. The van der Waals surface area contributed by atoms with E-state index in [4.69, 9.17) is 4.74 Å². The maximum absolute atomic E-state index is 13.0. The number of fused-ring (bicyclic) bond motifs is 2. The van der Waals surface area contributed by atoms with E-state index in [9.17, 15) is 14.4 Å². The molecule has 0 aliphatic carbocycles. The van der Waals surface area contributed by atoms with Crippen molar-refractivity contribution in [2.75, 3.05) is 30.3 Å². The van der Waals surface area contributed by atoms with Crippen molar-refractivity contribution in [1.29, 1.82) is 0 Å². The number of esters is 1. The lowest BCUT2D eigenvalue weighted by atomic mass is 9.97. The monoisotopic (exact) mass is 393 g/mol. The number of piperidine rings is 1. The van der Waals surface area contributed by atoms with Gasteiger partial charge in [0.2, 0.25) is 0 Å². The SMILES string of the molecule is CCOC(=O)C1CCCN(C(=O)c2ccc3c(c2)NC(=O)c2ccccc2N3)C1. The zero-order valence-corrected chi connectivity index (χ0v) is 16.2. The summed E-state index contributed by atoms with van der Waals surface area (Å²) >= 11 is 0. The van der Waals surface area contributed by atoms with E-state index in [1.807, 2.05) is 12.1 Å². The number of carbonyl (C=O) groups excluding carboxylic acids is 3. The minimum Gasteiger partial charge on any atom is -0.466 e. The molecule has 4 rings (SSSR count). The number of nitrogens with one attached hydrogen (secondary N) is 2. The zero-order valence-electron chi connectivity index (χ0n) is 16.2. The lowest BCUT2D eigenvalue weighted by Gasteiger charge is -2.31. The van der Waals surface area contributed by atoms with E-state index in [2.05, 4.69) is 10.6 Å². The molecule has 150 valence electrons. The Morgan fingerprint density at radius 3 is 2.76 bits per heavy atom. The van der Waals surface area contributed by atoms with Crippen LogP contribution < -0.4 is 10.6 Å². The van der Waals surface area contributed by atoms with Crippen molar-refractivity contribution in [3.8, 4) is 0 Å². The second-order valence-corrected chi connectivity index (χ2v) is 7.23. The smallest absolute Gasteiger partial charge is 0.310 e. The molecule has 2 aromatic carbocycles. The Bertz CT molecular complexity index is 972. The Hall–Kier alpha value is -3.35. The second kappa shape index (κ2) is 7.95. The third-order valence-corrected chi connectivity index (χ3v) is 5.28. The number of nitrogens with zero attached hydrogens (tertiary/aromatic N) is 1. The van der Waals surface area contributed by atoms with E-state index in [-0.39, 0.29) is 23.7 Å². The Balaban J connectivity index is 1.55. The number of anilines is 3. The number of carbonyl (C=O) groups is 3. The second-order valence-electron chi connectivity index (χ2n) is 7.23. The van der Waals surface area contributed by atoms with Gasteiger partial charge in [-0.25, -0.2) is 0 Å². The molecule has 7 heteroatoms. The summed E-state index contributed by atoms with van der Waals surface area (Å²) in [6, 6.07) is 12.5. The highest BCUT2D eigenvalue weighted by molar-refractivity contribution is 6.12. The quantitative estimate of drug-likeness (QED) is 0.781. The first-order valence-electron chi connectivity index (χ1n) is 9.84. The summed E-state index contributed by atoms with van der Waals surface area (Å²) in [5.74, 6) is -0.917. The van der Waals surface area contributed by atoms with Crippen molar-refractivity contribution in [2.24, 2.45) is 5.92 Å². The van der Waals surface area contributed by atoms with Gasteiger partial charge in [-0.3, -0.25) is 14.4 Å². The fourth-order valence-electron chi connectivity index (χ4n) is 3.81. The topological polar surface area (TPSA) is 87.7 Å². The van der Waals surface area contributed by atoms with Gasteiger partial charge in [-0.1, -0.05) is 12.1 Å². The number of rotatable bonds is 3. The van der Waals surface area contributed by atoms with Gasteiger partial charge in [0.25, 0.3) is 11.8 Å². The van der Waals surface area contributed by atoms with Gasteiger partial charge >= 0.3 is 5.97 Å². The maximum atomic E-state index is 13.0. The van der Waals surface area contributed by atoms with E-state index in [0.29, 0.717) is 36.5 Å². The summed E-state index contributed by atoms with van der Waals surface area (Å²) in [5, 5.41) is 6.12. The van der Waals surface area contributed by atoms with Crippen molar-refractivity contribution < 1.29 is 19.1 Å². The number of hydrogen-bond acceptors (Lipinski definition) is 5. The highest BCUT2D eigenvalue weighted by Crippen LogP contribution is 2.33. The van der Waals surface area contributed by atoms with E-state index in [0.717, 1.165) is 24.2 Å². The van der Waals surface area contributed by atoms with Crippen LogP contribution in [-0.2, 0) is 9.53 Å². The molecule has 7 nitrogen and oxygen atoms in total. The fourth-order valence-corrected chi connectivity index (χ4v) is 3.81. The van der Waals surface area contributed by atoms with Gasteiger partial charge in [0, 0.05) is 18.7 Å². The molecule has 0 aromatic heterocycles. The minimum absolute atomic E-state index is 0.155. The van der Waals surface area contributed by atoms with Crippen LogP contribution in [0.5, 0.6) is 0 Å². The Labute approximate surface area is 169 Å². The van der Waals surface area contributed by atoms with Gasteiger partial charge in [0.05, 0.1) is 35.2 Å². The Morgan fingerprint density at radius 2 is 1.93 bits per heavy atom. The molecule has 2 aliphatic rings. The molecule has 0 radical (unpaired) electrons. The molecular formula is C22H23N3O4. The molecule has 29 heavy (non-hydrogen) atoms. The number of hydrogen-bond donors (Lipinski definition) is 2. The van der Waals surface area contributed by atoms with Gasteiger partial charge < -0.3 is 20.3 Å². The fraction of sp³-hybridized carbons (Fsp3) is 0.318. The average molecular weight is 393 g/mol. The summed E-state index contributed by atoms with van der Waals surface area (Å²) in [7, 11) is 0. The molecular weight excluding hydrogens is 370 g/mol. The van der Waals surface area contributed by atoms with Gasteiger partial charge in [0.1, 0.15) is 0 Å². The van der Waals surface area contributed by atoms with Crippen molar-refractivity contribution in [1.82, 2.24) is 4.90 Å². The average Bonchev–Trinajstić information content (AvgIpc) is 2.88. The Morgan fingerprint density at radius 1 is 1.10 bits per heavy atom. The lowest BCUT2D eigenvalue weighted by Crippen LogP contribution is -2.42. The predicted molar refractivity (Wildman–Crippen MR) is 109 cm³/mol. The van der Waals surface area contributed by atoms with Crippen LogP contribution in [0.1, 0.15) is 40.5 Å². The van der Waals surface area contributed by atoms with Crippen molar-refractivity contribution in [3.05, 3.63) is 53.6 Å². The van der Waals surface area contributed by atoms with Crippen LogP contribution in [0.25, 0.3) is 0 Å². The maximum Gasteiger partial charge on any atom is 0.310 e. The number of ether oxygens (including phenoxy) is 1.